The molecule has 13 heteroatoms. The van der Waals surface area contributed by atoms with Crippen LogP contribution in [0.5, 0.6) is 5.75 Å². The predicted molar refractivity (Wildman–Crippen MR) is 209 cm³/mol. The summed E-state index contributed by atoms with van der Waals surface area (Å²) in [6.07, 6.45) is 3.40. The molecular weight excluding hydrogens is 758 g/mol. The zero-order chi connectivity index (χ0) is 37.3. The van der Waals surface area contributed by atoms with Crippen molar-refractivity contribution in [3.05, 3.63) is 111 Å². The molecule has 0 amide bonds. The summed E-state index contributed by atoms with van der Waals surface area (Å²) < 4.78 is 34.4. The van der Waals surface area contributed by atoms with Crippen molar-refractivity contribution in [2.45, 2.75) is 83.6 Å². The van der Waals surface area contributed by atoms with Crippen LogP contribution in [0.2, 0.25) is 0 Å². The molecule has 1 aliphatic heterocycles. The molecule has 2 fully saturated rings. The number of fused-ring (bicyclic) bond motifs is 2. The number of carbonyl (C=O) groups is 1. The van der Waals surface area contributed by atoms with Gasteiger partial charge in [-0.2, -0.15) is 0 Å². The number of nitrogens with zero attached hydrogens (tertiary/aromatic N) is 4. The number of aliphatic carboxylic acids is 1. The lowest BCUT2D eigenvalue weighted by Gasteiger charge is -2.32. The van der Waals surface area contributed by atoms with Gasteiger partial charge in [0.25, 0.3) is 0 Å². The monoisotopic (exact) mass is 798 g/mol. The summed E-state index contributed by atoms with van der Waals surface area (Å²) in [7, 11) is -0.314. The second kappa shape index (κ2) is 15.3. The number of hydrogen-bond acceptors (Lipinski definition) is 8. The largest absolute Gasteiger partial charge is 0.515 e. The standard InChI is InChI=1S/C31H27BrFN3O3.C9H14BNO2S/c32-21-8-5-19(6-9-21)17-36-29-14-12-24(39-18-23-11-7-20-15-22(33)10-13-27(20)34-23)16-28(29)35-30(36)25-3-1-2-4-26(25)31(37)38;1-8(2)9(3,4)13-10(12-8)7-5-14-6-11-7/h5-16,25-26H,1-4,17-18H2,(H,37,38);5-6H,1-4H3. The van der Waals surface area contributed by atoms with E-state index < -0.39 is 11.9 Å². The fourth-order valence-electron chi connectivity index (χ4n) is 6.85. The lowest BCUT2D eigenvalue weighted by molar-refractivity contribution is -0.143. The Morgan fingerprint density at radius 1 is 0.981 bits per heavy atom. The number of hydrogen-bond donors (Lipinski definition) is 1. The van der Waals surface area contributed by atoms with E-state index in [1.54, 1.807) is 22.9 Å². The van der Waals surface area contributed by atoms with Crippen LogP contribution >= 0.6 is 27.3 Å². The van der Waals surface area contributed by atoms with E-state index in [2.05, 4.69) is 42.6 Å². The minimum Gasteiger partial charge on any atom is -0.487 e. The number of pyridine rings is 1. The summed E-state index contributed by atoms with van der Waals surface area (Å²) in [5.74, 6) is -0.153. The first-order valence-corrected chi connectivity index (χ1v) is 19.5. The van der Waals surface area contributed by atoms with Gasteiger partial charge in [0.1, 0.15) is 24.0 Å². The zero-order valence-corrected chi connectivity index (χ0v) is 32.5. The topological polar surface area (TPSA) is 109 Å². The minimum absolute atomic E-state index is 0.143. The molecule has 2 unspecified atom stereocenters. The van der Waals surface area contributed by atoms with E-state index in [0.29, 0.717) is 24.2 Å². The van der Waals surface area contributed by atoms with Gasteiger partial charge < -0.3 is 23.7 Å². The molecule has 0 radical (unpaired) electrons. The molecule has 274 valence electrons. The maximum atomic E-state index is 13.5. The minimum atomic E-state index is -0.753. The second-order valence-electron chi connectivity index (χ2n) is 14.6. The van der Waals surface area contributed by atoms with E-state index in [9.17, 15) is 14.3 Å². The van der Waals surface area contributed by atoms with Crippen molar-refractivity contribution in [1.82, 2.24) is 19.5 Å². The summed E-state index contributed by atoms with van der Waals surface area (Å²) >= 11 is 5.06. The Hall–Kier alpha value is -4.17. The number of carboxylic acids is 1. The van der Waals surface area contributed by atoms with Gasteiger partial charge in [-0.25, -0.2) is 14.4 Å². The predicted octanol–water partition coefficient (Wildman–Crippen LogP) is 8.91. The van der Waals surface area contributed by atoms with Gasteiger partial charge in [0.05, 0.1) is 50.5 Å². The van der Waals surface area contributed by atoms with Crippen LogP contribution < -0.4 is 10.3 Å². The van der Waals surface area contributed by atoms with Crippen LogP contribution in [0.25, 0.3) is 21.9 Å². The molecule has 3 aromatic heterocycles. The van der Waals surface area contributed by atoms with Crippen LogP contribution in [0, 0.1) is 11.7 Å². The van der Waals surface area contributed by atoms with Crippen molar-refractivity contribution >= 4 is 67.9 Å². The van der Waals surface area contributed by atoms with Crippen molar-refractivity contribution < 1.29 is 28.3 Å². The summed E-state index contributed by atoms with van der Waals surface area (Å²) in [5, 5.41) is 12.7. The highest BCUT2D eigenvalue weighted by Crippen LogP contribution is 2.40. The Labute approximate surface area is 320 Å². The van der Waals surface area contributed by atoms with E-state index in [1.165, 1.54) is 12.1 Å². The Bertz CT molecular complexity index is 2210. The number of benzene rings is 3. The van der Waals surface area contributed by atoms with Gasteiger partial charge in [0.2, 0.25) is 0 Å². The van der Waals surface area contributed by atoms with Crippen molar-refractivity contribution in [3.63, 3.8) is 0 Å². The molecule has 1 saturated heterocycles. The maximum Gasteiger partial charge on any atom is 0.515 e. The SMILES string of the molecule is CC1(C)OB(c2cscn2)OC1(C)C.O=C(O)C1CCCCC1c1nc2cc(OCc3ccc4cc(F)ccc4n3)ccc2n1Cc1ccc(Br)cc1. The third-order valence-corrected chi connectivity index (χ3v) is 11.6. The summed E-state index contributed by atoms with van der Waals surface area (Å²) in [5.41, 5.74) is 6.39. The lowest BCUT2D eigenvalue weighted by atomic mass is 9.78. The van der Waals surface area contributed by atoms with Gasteiger partial charge in [-0.1, -0.05) is 47.0 Å². The van der Waals surface area contributed by atoms with Crippen LogP contribution in [0.15, 0.2) is 88.2 Å². The highest BCUT2D eigenvalue weighted by atomic mass is 79.9. The number of aromatic nitrogens is 4. The van der Waals surface area contributed by atoms with Crippen molar-refractivity contribution in [2.24, 2.45) is 5.92 Å². The molecule has 1 aliphatic carbocycles. The van der Waals surface area contributed by atoms with Gasteiger partial charge in [-0.3, -0.25) is 9.78 Å². The van der Waals surface area contributed by atoms with Crippen molar-refractivity contribution in [1.29, 1.82) is 0 Å². The number of rotatable bonds is 8. The molecule has 6 aromatic rings. The number of thiazole rings is 1. The van der Waals surface area contributed by atoms with E-state index in [-0.39, 0.29) is 36.7 Å². The molecule has 2 aliphatic rings. The van der Waals surface area contributed by atoms with Crippen molar-refractivity contribution in [2.75, 3.05) is 0 Å². The molecule has 53 heavy (non-hydrogen) atoms. The first kappa shape index (κ1) is 37.2. The van der Waals surface area contributed by atoms with Crippen LogP contribution in [-0.2, 0) is 27.3 Å². The van der Waals surface area contributed by atoms with Crippen LogP contribution in [0.4, 0.5) is 4.39 Å². The molecule has 2 atom stereocenters. The quantitative estimate of drug-likeness (QED) is 0.152. The Balaban J connectivity index is 0.000000260. The average molecular weight is 800 g/mol. The molecule has 8 rings (SSSR count). The first-order chi connectivity index (χ1) is 25.4. The Morgan fingerprint density at radius 3 is 2.45 bits per heavy atom. The maximum absolute atomic E-state index is 13.5. The number of imidazole rings is 1. The second-order valence-corrected chi connectivity index (χ2v) is 16.2. The van der Waals surface area contributed by atoms with Gasteiger partial charge >= 0.3 is 13.1 Å². The third-order valence-electron chi connectivity index (χ3n) is 10.5. The third kappa shape index (κ3) is 8.18. The molecule has 3 aromatic carbocycles. The molecule has 9 nitrogen and oxygen atoms in total. The Kier molecular flexibility index (Phi) is 10.7. The summed E-state index contributed by atoms with van der Waals surface area (Å²) in [6, 6.07) is 22.2. The van der Waals surface area contributed by atoms with Gasteiger partial charge in [0.15, 0.2) is 0 Å². The van der Waals surface area contributed by atoms with E-state index in [1.807, 2.05) is 75.5 Å². The van der Waals surface area contributed by atoms with E-state index >= 15 is 0 Å². The van der Waals surface area contributed by atoms with Crippen LogP contribution in [0.3, 0.4) is 0 Å². The highest BCUT2D eigenvalue weighted by Gasteiger charge is 2.52. The highest BCUT2D eigenvalue weighted by molar-refractivity contribution is 9.10. The number of ether oxygens (including phenoxy) is 1. The summed E-state index contributed by atoms with van der Waals surface area (Å²) in [6.45, 7) is 9.02. The van der Waals surface area contributed by atoms with Gasteiger partial charge in [-0.15, -0.1) is 11.3 Å². The van der Waals surface area contributed by atoms with Gasteiger partial charge in [0, 0.05) is 33.8 Å². The number of halogens is 2. The number of carboxylic acid groups (broad SMARTS) is 1. The lowest BCUT2D eigenvalue weighted by Crippen LogP contribution is -2.41. The molecule has 1 saturated carbocycles. The molecular formula is C40H41BBrFN4O5S. The van der Waals surface area contributed by atoms with Crippen molar-refractivity contribution in [3.8, 4) is 5.75 Å². The van der Waals surface area contributed by atoms with E-state index in [4.69, 9.17) is 19.0 Å². The molecule has 1 N–H and O–H groups in total. The van der Waals surface area contributed by atoms with Gasteiger partial charge in [-0.05, 0) is 94.6 Å². The normalized spacial score (nSPS) is 19.2. The van der Waals surface area contributed by atoms with Crippen LogP contribution in [0.1, 0.15) is 76.4 Å². The summed E-state index contributed by atoms with van der Waals surface area (Å²) in [4.78, 5) is 25.9. The fourth-order valence-corrected chi connectivity index (χ4v) is 7.67. The zero-order valence-electron chi connectivity index (χ0n) is 30.1. The Morgan fingerprint density at radius 2 is 1.74 bits per heavy atom. The molecule has 0 spiro atoms. The molecule has 4 heterocycles. The van der Waals surface area contributed by atoms with Crippen LogP contribution in [-0.4, -0.2) is 48.9 Å². The smallest absolute Gasteiger partial charge is 0.487 e. The molecule has 0 bridgehead atoms. The van der Waals surface area contributed by atoms with E-state index in [0.717, 1.165) is 62.8 Å². The average Bonchev–Trinajstić information content (AvgIpc) is 3.85. The fraction of sp³-hybridized carbons (Fsp3) is 0.350. The first-order valence-electron chi connectivity index (χ1n) is 17.8.